The second-order valence-corrected chi connectivity index (χ2v) is 5.93. The van der Waals surface area contributed by atoms with Crippen molar-refractivity contribution in [2.45, 2.75) is 6.54 Å². The van der Waals surface area contributed by atoms with Gasteiger partial charge in [0.05, 0.1) is 23.2 Å². The summed E-state index contributed by atoms with van der Waals surface area (Å²) in [5, 5.41) is 11.0. The predicted molar refractivity (Wildman–Crippen MR) is 97.6 cm³/mol. The highest BCUT2D eigenvalue weighted by molar-refractivity contribution is 5.97. The van der Waals surface area contributed by atoms with Crippen LogP contribution in [-0.4, -0.2) is 48.4 Å². The number of nitro benzene ring substituents is 1. The molecule has 0 atom stereocenters. The number of benzene rings is 2. The number of carbonyl (C=O) groups excluding carboxylic acids is 3. The largest absolute Gasteiger partial charge is 0.465 e. The molecule has 10 heteroatoms. The van der Waals surface area contributed by atoms with Gasteiger partial charge in [-0.1, -0.05) is 18.2 Å². The van der Waals surface area contributed by atoms with E-state index in [4.69, 9.17) is 4.74 Å². The topological polar surface area (TPSA) is 116 Å². The number of non-ortho nitro benzene ring substituents is 1. The molecule has 0 saturated heterocycles. The second kappa shape index (κ2) is 9.40. The van der Waals surface area contributed by atoms with Crippen molar-refractivity contribution in [2.75, 3.05) is 20.8 Å². The van der Waals surface area contributed by atoms with Crippen molar-refractivity contribution in [2.24, 2.45) is 0 Å². The minimum atomic E-state index is -1.04. The highest BCUT2D eigenvalue weighted by atomic mass is 19.1. The lowest BCUT2D eigenvalue weighted by Crippen LogP contribution is -2.31. The van der Waals surface area contributed by atoms with Crippen molar-refractivity contribution in [3.63, 3.8) is 0 Å². The van der Waals surface area contributed by atoms with Gasteiger partial charge >= 0.3 is 11.9 Å². The van der Waals surface area contributed by atoms with E-state index in [0.29, 0.717) is 0 Å². The number of nitro groups is 1. The summed E-state index contributed by atoms with van der Waals surface area (Å²) in [6.45, 7) is -0.702. The molecule has 0 heterocycles. The van der Waals surface area contributed by atoms with Gasteiger partial charge < -0.3 is 14.4 Å². The molecule has 0 unspecified atom stereocenters. The quantitative estimate of drug-likeness (QED) is 0.395. The van der Waals surface area contributed by atoms with Gasteiger partial charge in [0.15, 0.2) is 6.61 Å². The number of halogens is 1. The second-order valence-electron chi connectivity index (χ2n) is 5.93. The summed E-state index contributed by atoms with van der Waals surface area (Å²) < 4.78 is 23.0. The van der Waals surface area contributed by atoms with E-state index in [1.165, 1.54) is 30.1 Å². The van der Waals surface area contributed by atoms with Crippen LogP contribution in [0.15, 0.2) is 42.5 Å². The van der Waals surface area contributed by atoms with Crippen LogP contribution in [0.25, 0.3) is 0 Å². The number of methoxy groups -OCH3 is 1. The van der Waals surface area contributed by atoms with Gasteiger partial charge in [0.25, 0.3) is 11.6 Å². The minimum Gasteiger partial charge on any atom is -0.465 e. The molecule has 0 aromatic heterocycles. The molecule has 0 saturated carbocycles. The van der Waals surface area contributed by atoms with Crippen LogP contribution in [0, 0.1) is 15.9 Å². The number of hydrogen-bond acceptors (Lipinski definition) is 7. The molecule has 9 nitrogen and oxygen atoms in total. The number of hydrogen-bond donors (Lipinski definition) is 0. The van der Waals surface area contributed by atoms with Gasteiger partial charge in [-0.2, -0.15) is 0 Å². The highest BCUT2D eigenvalue weighted by Gasteiger charge is 2.20. The standard InChI is InChI=1S/C19H17FN2O7/c1-21(10-12-5-3-4-6-16(12)20)17(23)11-29-19(25)14-7-13(18(24)28-2)8-15(9-14)22(26)27/h3-9H,10-11H2,1-2H3. The summed E-state index contributed by atoms with van der Waals surface area (Å²) in [7, 11) is 2.49. The first-order valence-electron chi connectivity index (χ1n) is 8.25. The normalized spacial score (nSPS) is 10.2. The fraction of sp³-hybridized carbons (Fsp3) is 0.211. The third kappa shape index (κ3) is 5.58. The predicted octanol–water partition coefficient (Wildman–Crippen LogP) is 2.34. The van der Waals surface area contributed by atoms with Crippen LogP contribution in [0.5, 0.6) is 0 Å². The Morgan fingerprint density at radius 2 is 1.72 bits per heavy atom. The minimum absolute atomic E-state index is 0.0354. The van der Waals surface area contributed by atoms with Crippen LogP contribution in [0.4, 0.5) is 10.1 Å². The maximum Gasteiger partial charge on any atom is 0.338 e. The van der Waals surface area contributed by atoms with Crippen molar-refractivity contribution in [1.82, 2.24) is 4.90 Å². The number of likely N-dealkylation sites (N-methyl/N-ethyl adjacent to an activating group) is 1. The first-order chi connectivity index (χ1) is 13.7. The highest BCUT2D eigenvalue weighted by Crippen LogP contribution is 2.19. The third-order valence-corrected chi connectivity index (χ3v) is 3.90. The number of nitrogens with zero attached hydrogens (tertiary/aromatic N) is 2. The average molecular weight is 404 g/mol. The molecule has 2 aromatic rings. The average Bonchev–Trinajstić information content (AvgIpc) is 2.72. The molecule has 2 rings (SSSR count). The van der Waals surface area contributed by atoms with Crippen LogP contribution in [-0.2, 0) is 20.8 Å². The van der Waals surface area contributed by atoms with Crippen molar-refractivity contribution < 1.29 is 33.2 Å². The molecule has 0 aliphatic rings. The Bertz CT molecular complexity index is 961. The van der Waals surface area contributed by atoms with Gasteiger partial charge in [-0.25, -0.2) is 14.0 Å². The van der Waals surface area contributed by atoms with Crippen LogP contribution in [0.1, 0.15) is 26.3 Å². The van der Waals surface area contributed by atoms with Crippen LogP contribution >= 0.6 is 0 Å². The Morgan fingerprint density at radius 1 is 1.10 bits per heavy atom. The van der Waals surface area contributed by atoms with E-state index in [9.17, 15) is 28.9 Å². The smallest absolute Gasteiger partial charge is 0.338 e. The summed E-state index contributed by atoms with van der Waals surface area (Å²) in [6.07, 6.45) is 0. The Labute approximate surface area is 164 Å². The fourth-order valence-electron chi connectivity index (χ4n) is 2.36. The molecule has 0 radical (unpaired) electrons. The lowest BCUT2D eigenvalue weighted by atomic mass is 10.1. The van der Waals surface area contributed by atoms with Crippen molar-refractivity contribution >= 4 is 23.5 Å². The van der Waals surface area contributed by atoms with Crippen molar-refractivity contribution in [1.29, 1.82) is 0 Å². The molecule has 2 aromatic carbocycles. The number of carbonyl (C=O) groups is 3. The van der Waals surface area contributed by atoms with E-state index >= 15 is 0 Å². The van der Waals surface area contributed by atoms with Crippen LogP contribution in [0.3, 0.4) is 0 Å². The van der Waals surface area contributed by atoms with Crippen LogP contribution in [0.2, 0.25) is 0 Å². The first-order valence-corrected chi connectivity index (χ1v) is 8.25. The molecule has 152 valence electrons. The molecule has 0 spiro atoms. The van der Waals surface area contributed by atoms with Crippen molar-refractivity contribution in [3.05, 3.63) is 75.1 Å². The monoisotopic (exact) mass is 404 g/mol. The van der Waals surface area contributed by atoms with Gasteiger partial charge in [-0.15, -0.1) is 0 Å². The van der Waals surface area contributed by atoms with Gasteiger partial charge in [0.2, 0.25) is 0 Å². The summed E-state index contributed by atoms with van der Waals surface area (Å²) in [4.78, 5) is 47.4. The van der Waals surface area contributed by atoms with Crippen LogP contribution < -0.4 is 0 Å². The number of amides is 1. The summed E-state index contributed by atoms with van der Waals surface area (Å²) in [5.41, 5.74) is -0.722. The molecule has 0 N–H and O–H groups in total. The van der Waals surface area contributed by atoms with E-state index in [0.717, 1.165) is 25.3 Å². The van der Waals surface area contributed by atoms with Gasteiger partial charge in [-0.05, 0) is 12.1 Å². The molecular weight excluding hydrogens is 387 g/mol. The van der Waals surface area contributed by atoms with Gasteiger partial charge in [0, 0.05) is 31.3 Å². The molecule has 0 fully saturated rings. The summed E-state index contributed by atoms with van der Waals surface area (Å²) in [6, 6.07) is 8.85. The Hall–Kier alpha value is -3.82. The van der Waals surface area contributed by atoms with E-state index in [2.05, 4.69) is 4.74 Å². The number of esters is 2. The lowest BCUT2D eigenvalue weighted by Gasteiger charge is -2.17. The maximum atomic E-state index is 13.7. The Kier molecular flexibility index (Phi) is 6.96. The zero-order valence-electron chi connectivity index (χ0n) is 15.6. The van der Waals surface area contributed by atoms with Crippen molar-refractivity contribution in [3.8, 4) is 0 Å². The van der Waals surface area contributed by atoms with E-state index in [1.54, 1.807) is 6.07 Å². The fourth-order valence-corrected chi connectivity index (χ4v) is 2.36. The van der Waals surface area contributed by atoms with Gasteiger partial charge in [0.1, 0.15) is 5.82 Å². The van der Waals surface area contributed by atoms with Gasteiger partial charge in [-0.3, -0.25) is 14.9 Å². The molecule has 29 heavy (non-hydrogen) atoms. The Balaban J connectivity index is 2.07. The molecule has 0 aliphatic carbocycles. The SMILES string of the molecule is COC(=O)c1cc(C(=O)OCC(=O)N(C)Cc2ccccc2F)cc([N+](=O)[O-])c1. The molecular formula is C19H17FN2O7. The zero-order chi connectivity index (χ0) is 21.6. The number of ether oxygens (including phenoxy) is 2. The number of rotatable bonds is 7. The van der Waals surface area contributed by atoms with E-state index < -0.39 is 40.9 Å². The van der Waals surface area contributed by atoms with E-state index in [-0.39, 0.29) is 23.2 Å². The first kappa shape index (κ1) is 21.5. The maximum absolute atomic E-state index is 13.7. The molecule has 0 aliphatic heterocycles. The zero-order valence-corrected chi connectivity index (χ0v) is 15.6. The third-order valence-electron chi connectivity index (χ3n) is 3.90. The van der Waals surface area contributed by atoms with E-state index in [1.807, 2.05) is 0 Å². The summed E-state index contributed by atoms with van der Waals surface area (Å²) in [5.74, 6) is -2.99. The Morgan fingerprint density at radius 3 is 2.31 bits per heavy atom. The molecule has 0 bridgehead atoms. The molecule has 1 amide bonds. The lowest BCUT2D eigenvalue weighted by molar-refractivity contribution is -0.384. The summed E-state index contributed by atoms with van der Waals surface area (Å²) >= 11 is 0.